The Morgan fingerprint density at radius 3 is 2.52 bits per heavy atom. The van der Waals surface area contributed by atoms with E-state index >= 15 is 0 Å². The van der Waals surface area contributed by atoms with Gasteiger partial charge in [-0.05, 0) is 43.7 Å². The van der Waals surface area contributed by atoms with Crippen LogP contribution in [0.25, 0.3) is 0 Å². The van der Waals surface area contributed by atoms with E-state index in [1.54, 1.807) is 31.2 Å². The summed E-state index contributed by atoms with van der Waals surface area (Å²) in [6, 6.07) is 7.97. The van der Waals surface area contributed by atoms with Gasteiger partial charge in [-0.1, -0.05) is 6.07 Å². The van der Waals surface area contributed by atoms with Crippen molar-refractivity contribution in [1.29, 1.82) is 0 Å². The van der Waals surface area contributed by atoms with Crippen LogP contribution in [0.15, 0.2) is 46.0 Å². The molecule has 0 saturated carbocycles. The number of furan rings is 1. The van der Waals surface area contributed by atoms with Crippen LogP contribution in [0.4, 0.5) is 13.2 Å². The number of hydrogen-bond donors (Lipinski definition) is 3. The highest BCUT2D eigenvalue weighted by Crippen LogP contribution is 2.30. The van der Waals surface area contributed by atoms with Crippen LogP contribution in [0, 0.1) is 0 Å². The zero-order valence-corrected chi connectivity index (χ0v) is 19.8. The van der Waals surface area contributed by atoms with E-state index in [0.29, 0.717) is 23.8 Å². The van der Waals surface area contributed by atoms with E-state index in [1.807, 2.05) is 6.92 Å². The van der Waals surface area contributed by atoms with Gasteiger partial charge in [-0.15, -0.1) is 24.0 Å². The standard InChI is InChI=1S/C20H26F3N3O4.HI/c1-4-24-18(26-12-19(2,27)17-6-5-9-29-17)25-11-14-7-8-15(16(10-14)28-3)30-13-20(21,22)23;/h5-10,27H,4,11-13H2,1-3H3,(H2,24,25,26);1H. The lowest BCUT2D eigenvalue weighted by Gasteiger charge is -2.22. The number of halogens is 4. The molecule has 1 heterocycles. The first-order valence-corrected chi connectivity index (χ1v) is 9.29. The van der Waals surface area contributed by atoms with Crippen molar-refractivity contribution in [2.75, 3.05) is 26.8 Å². The average molecular weight is 557 g/mol. The molecular formula is C20H27F3IN3O4. The van der Waals surface area contributed by atoms with Crippen molar-refractivity contribution >= 4 is 29.9 Å². The molecule has 11 heteroatoms. The number of hydrogen-bond acceptors (Lipinski definition) is 5. The first-order valence-electron chi connectivity index (χ1n) is 9.29. The minimum absolute atomic E-state index is 0. The largest absolute Gasteiger partial charge is 0.493 e. The molecule has 174 valence electrons. The summed E-state index contributed by atoms with van der Waals surface area (Å²) in [5.41, 5.74) is -0.526. The summed E-state index contributed by atoms with van der Waals surface area (Å²) in [5, 5.41) is 16.6. The summed E-state index contributed by atoms with van der Waals surface area (Å²) >= 11 is 0. The predicted molar refractivity (Wildman–Crippen MR) is 121 cm³/mol. The maximum atomic E-state index is 12.4. The molecule has 0 aliphatic heterocycles. The number of alkyl halides is 3. The van der Waals surface area contributed by atoms with Crippen LogP contribution in [-0.2, 0) is 12.1 Å². The Bertz CT molecular complexity index is 828. The monoisotopic (exact) mass is 557 g/mol. The predicted octanol–water partition coefficient (Wildman–Crippen LogP) is 3.81. The van der Waals surface area contributed by atoms with Gasteiger partial charge in [0.25, 0.3) is 0 Å². The smallest absolute Gasteiger partial charge is 0.422 e. The molecule has 1 unspecified atom stereocenters. The van der Waals surface area contributed by atoms with Crippen LogP contribution in [-0.4, -0.2) is 44.0 Å². The molecule has 0 amide bonds. The summed E-state index contributed by atoms with van der Waals surface area (Å²) in [6.45, 7) is 3.10. The molecule has 0 aliphatic carbocycles. The number of aliphatic imine (C=N–C) groups is 1. The Morgan fingerprint density at radius 2 is 1.94 bits per heavy atom. The van der Waals surface area contributed by atoms with Crippen molar-refractivity contribution in [3.05, 3.63) is 47.9 Å². The molecule has 1 aromatic heterocycles. The SMILES string of the molecule is CCNC(=NCc1ccc(OCC(F)(F)F)c(OC)c1)NCC(C)(O)c1ccco1.I. The number of guanidine groups is 1. The molecule has 2 aromatic rings. The molecule has 0 saturated heterocycles. The van der Waals surface area contributed by atoms with E-state index in [0.717, 1.165) is 0 Å². The fourth-order valence-corrected chi connectivity index (χ4v) is 2.53. The second-order valence-corrected chi connectivity index (χ2v) is 6.69. The van der Waals surface area contributed by atoms with Crippen molar-refractivity contribution in [3.8, 4) is 11.5 Å². The molecule has 0 bridgehead atoms. The zero-order valence-electron chi connectivity index (χ0n) is 17.5. The van der Waals surface area contributed by atoms with E-state index in [4.69, 9.17) is 13.9 Å². The number of ether oxygens (including phenoxy) is 2. The maximum Gasteiger partial charge on any atom is 0.422 e. The third kappa shape index (κ3) is 8.85. The third-order valence-corrected chi connectivity index (χ3v) is 4.04. The number of nitrogens with one attached hydrogen (secondary N) is 2. The molecule has 0 spiro atoms. The van der Waals surface area contributed by atoms with Crippen molar-refractivity contribution < 1.29 is 32.2 Å². The van der Waals surface area contributed by atoms with Gasteiger partial charge in [0.05, 0.1) is 26.5 Å². The van der Waals surface area contributed by atoms with Gasteiger partial charge in [-0.25, -0.2) is 4.99 Å². The van der Waals surface area contributed by atoms with Crippen molar-refractivity contribution in [2.45, 2.75) is 32.2 Å². The van der Waals surface area contributed by atoms with Crippen LogP contribution in [0.2, 0.25) is 0 Å². The highest BCUT2D eigenvalue weighted by Gasteiger charge is 2.29. The van der Waals surface area contributed by atoms with E-state index in [-0.39, 0.29) is 48.6 Å². The van der Waals surface area contributed by atoms with Crippen LogP contribution in [0.5, 0.6) is 11.5 Å². The fourth-order valence-electron chi connectivity index (χ4n) is 2.53. The van der Waals surface area contributed by atoms with E-state index in [1.165, 1.54) is 19.4 Å². The first-order chi connectivity index (χ1) is 14.1. The van der Waals surface area contributed by atoms with Gasteiger partial charge in [-0.2, -0.15) is 13.2 Å². The molecule has 3 N–H and O–H groups in total. The quantitative estimate of drug-likeness (QED) is 0.247. The average Bonchev–Trinajstić information content (AvgIpc) is 3.24. The molecular weight excluding hydrogens is 530 g/mol. The fraction of sp³-hybridized carbons (Fsp3) is 0.450. The van der Waals surface area contributed by atoms with Crippen molar-refractivity contribution in [1.82, 2.24) is 10.6 Å². The van der Waals surface area contributed by atoms with Gasteiger partial charge in [0.1, 0.15) is 11.4 Å². The molecule has 2 rings (SSSR count). The summed E-state index contributed by atoms with van der Waals surface area (Å²) in [4.78, 5) is 4.43. The van der Waals surface area contributed by atoms with Gasteiger partial charge in [-0.3, -0.25) is 0 Å². The summed E-state index contributed by atoms with van der Waals surface area (Å²) in [6.07, 6.45) is -2.95. The number of benzene rings is 1. The topological polar surface area (TPSA) is 88.3 Å². The number of rotatable bonds is 9. The zero-order chi connectivity index (χ0) is 22.2. The molecule has 31 heavy (non-hydrogen) atoms. The molecule has 0 radical (unpaired) electrons. The van der Waals surface area contributed by atoms with Gasteiger partial charge < -0.3 is 29.6 Å². The number of methoxy groups -OCH3 is 1. The summed E-state index contributed by atoms with van der Waals surface area (Å²) in [5.74, 6) is 1.07. The van der Waals surface area contributed by atoms with Gasteiger partial charge >= 0.3 is 6.18 Å². The molecule has 7 nitrogen and oxygen atoms in total. The minimum Gasteiger partial charge on any atom is -0.493 e. The Morgan fingerprint density at radius 1 is 1.19 bits per heavy atom. The lowest BCUT2D eigenvalue weighted by molar-refractivity contribution is -0.153. The van der Waals surface area contributed by atoms with Crippen LogP contribution >= 0.6 is 24.0 Å². The Labute approximate surface area is 196 Å². The highest BCUT2D eigenvalue weighted by atomic mass is 127. The second-order valence-electron chi connectivity index (χ2n) is 6.69. The molecule has 1 atom stereocenters. The summed E-state index contributed by atoms with van der Waals surface area (Å²) < 4.78 is 52.2. The Kier molecular flexibility index (Phi) is 10.4. The van der Waals surface area contributed by atoms with Gasteiger partial charge in [0.2, 0.25) is 0 Å². The van der Waals surface area contributed by atoms with Gasteiger partial charge in [0, 0.05) is 6.54 Å². The number of nitrogens with zero attached hydrogens (tertiary/aromatic N) is 1. The van der Waals surface area contributed by atoms with Crippen molar-refractivity contribution in [2.24, 2.45) is 4.99 Å². The maximum absolute atomic E-state index is 12.4. The van der Waals surface area contributed by atoms with Gasteiger partial charge in [0.15, 0.2) is 24.1 Å². The highest BCUT2D eigenvalue weighted by molar-refractivity contribution is 14.0. The lowest BCUT2D eigenvalue weighted by atomic mass is 10.0. The number of aliphatic hydroxyl groups is 1. The Hall–Kier alpha value is -2.15. The van der Waals surface area contributed by atoms with Crippen LogP contribution < -0.4 is 20.1 Å². The second kappa shape index (κ2) is 12.0. The van der Waals surface area contributed by atoms with Crippen LogP contribution in [0.3, 0.4) is 0 Å². The minimum atomic E-state index is -4.43. The third-order valence-electron chi connectivity index (χ3n) is 4.04. The van der Waals surface area contributed by atoms with E-state index < -0.39 is 18.4 Å². The Balaban J connectivity index is 0.00000480. The van der Waals surface area contributed by atoms with E-state index in [2.05, 4.69) is 15.6 Å². The molecule has 1 aromatic carbocycles. The van der Waals surface area contributed by atoms with E-state index in [9.17, 15) is 18.3 Å². The normalized spacial score (nSPS) is 13.7. The summed E-state index contributed by atoms with van der Waals surface area (Å²) in [7, 11) is 1.35. The first kappa shape index (κ1) is 26.9. The lowest BCUT2D eigenvalue weighted by Crippen LogP contribution is -2.44. The molecule has 0 aliphatic rings. The van der Waals surface area contributed by atoms with Crippen molar-refractivity contribution in [3.63, 3.8) is 0 Å². The molecule has 0 fully saturated rings. The van der Waals surface area contributed by atoms with Crippen LogP contribution in [0.1, 0.15) is 25.2 Å².